The lowest BCUT2D eigenvalue weighted by Gasteiger charge is -2.67. The van der Waals surface area contributed by atoms with Crippen molar-refractivity contribution in [3.63, 3.8) is 0 Å². The van der Waals surface area contributed by atoms with Crippen LogP contribution in [0.2, 0.25) is 0 Å². The van der Waals surface area contributed by atoms with Crippen LogP contribution in [0.5, 0.6) is 11.5 Å². The number of carbonyl (C=O) groups is 2. The first kappa shape index (κ1) is 58.7. The number of aryl methyl sites for hydroxylation is 2. The van der Waals surface area contributed by atoms with E-state index in [1.807, 2.05) is 18.2 Å². The number of piperidine rings is 1. The van der Waals surface area contributed by atoms with Crippen LogP contribution in [0.25, 0.3) is 10.8 Å². The number of aliphatic hydroxyl groups excluding tert-OH is 4. The molecule has 0 radical (unpaired) electrons. The Balaban J connectivity index is 0.824. The molecule has 0 unspecified atom stereocenters. The summed E-state index contributed by atoms with van der Waals surface area (Å²) in [5.41, 5.74) is 13.4. The van der Waals surface area contributed by atoms with Gasteiger partial charge in [0.05, 0.1) is 31.2 Å². The molecule has 5 heterocycles. The van der Waals surface area contributed by atoms with Gasteiger partial charge in [0.2, 0.25) is 0 Å². The lowest BCUT2D eigenvalue weighted by atomic mass is 9.40. The van der Waals surface area contributed by atoms with Crippen molar-refractivity contribution >= 4 is 22.3 Å². The fraction of sp³-hybridized carbons (Fsp3) is 0.589. The predicted molar refractivity (Wildman–Crippen MR) is 333 cm³/mol. The highest BCUT2D eigenvalue weighted by Crippen LogP contribution is 2.69. The van der Waals surface area contributed by atoms with Gasteiger partial charge in [-0.2, -0.15) is 0 Å². The number of phenols is 1. The Morgan fingerprint density at radius 1 is 0.885 bits per heavy atom. The third kappa shape index (κ3) is 10.1. The number of ether oxygens (including phenoxy) is 1. The van der Waals surface area contributed by atoms with E-state index in [0.29, 0.717) is 62.2 Å². The van der Waals surface area contributed by atoms with Crippen molar-refractivity contribution in [2.45, 2.75) is 189 Å². The summed E-state index contributed by atoms with van der Waals surface area (Å²) in [6.07, 6.45) is 8.44. The van der Waals surface area contributed by atoms with Crippen molar-refractivity contribution < 1.29 is 45.0 Å². The van der Waals surface area contributed by atoms with Gasteiger partial charge in [0.15, 0.2) is 23.6 Å². The Kier molecular flexibility index (Phi) is 15.6. The number of hydrogen-bond acceptors (Lipinski definition) is 13. The van der Waals surface area contributed by atoms with Crippen LogP contribution < -0.4 is 26.4 Å². The zero-order valence-electron chi connectivity index (χ0n) is 50.7. The van der Waals surface area contributed by atoms with Gasteiger partial charge >= 0.3 is 0 Å². The number of H-pyrrole nitrogens is 1. The van der Waals surface area contributed by atoms with Gasteiger partial charge in [-0.05, 0) is 206 Å². The third-order valence-electron chi connectivity index (χ3n) is 24.3. The van der Waals surface area contributed by atoms with E-state index in [9.17, 15) is 35.4 Å². The zero-order chi connectivity index (χ0) is 60.2. The number of fused-ring (bicyclic) bond motifs is 5. The number of aromatic amines is 1. The number of phenolic OH excluding ortho intramolecular Hbond substituents is 1. The molecule has 4 saturated carbocycles. The van der Waals surface area contributed by atoms with Crippen molar-refractivity contribution in [3.05, 3.63) is 117 Å². The second-order valence-electron chi connectivity index (χ2n) is 28.5. The van der Waals surface area contributed by atoms with E-state index in [4.69, 9.17) is 10.5 Å². The Hall–Kier alpha value is -5.94. The maximum Gasteiger partial charge on any atom is 0.160 e. The highest BCUT2D eigenvalue weighted by molar-refractivity contribution is 5.89. The van der Waals surface area contributed by atoms with E-state index in [1.165, 1.54) is 29.5 Å². The van der Waals surface area contributed by atoms with Crippen molar-refractivity contribution in [1.29, 1.82) is 0 Å². The number of nitrogens with one attached hydrogen (secondary N) is 4. The first-order valence-corrected chi connectivity index (χ1v) is 33.1. The molecular weight excluding hydrogens is 1090 g/mol. The van der Waals surface area contributed by atoms with E-state index in [-0.39, 0.29) is 138 Å². The number of benzene rings is 3. The van der Waals surface area contributed by atoms with Crippen molar-refractivity contribution in [2.24, 2.45) is 64.4 Å². The number of rotatable bonds is 13. The van der Waals surface area contributed by atoms with Crippen LogP contribution in [0.15, 0.2) is 83.8 Å². The Labute approximate surface area is 512 Å². The summed E-state index contributed by atoms with van der Waals surface area (Å²) in [6.45, 7) is 5.77. The van der Waals surface area contributed by atoms with Gasteiger partial charge < -0.3 is 62.0 Å². The molecule has 11 aliphatic rings. The Morgan fingerprint density at radius 3 is 2.53 bits per heavy atom. The lowest BCUT2D eigenvalue weighted by Crippen LogP contribution is -2.70. The first-order chi connectivity index (χ1) is 42.1. The molecule has 4 bridgehead atoms. The van der Waals surface area contributed by atoms with Gasteiger partial charge in [-0.3, -0.25) is 9.59 Å². The molecule has 1 spiro atoms. The van der Waals surface area contributed by atoms with Gasteiger partial charge in [0, 0.05) is 90.8 Å². The number of aromatic hydroxyl groups is 1. The molecule has 12 N–H and O–H groups in total. The van der Waals surface area contributed by atoms with E-state index in [2.05, 4.69) is 95.0 Å². The van der Waals surface area contributed by atoms with Crippen LogP contribution in [0.1, 0.15) is 167 Å². The second kappa shape index (κ2) is 23.1. The Bertz CT molecular complexity index is 3550. The molecule has 0 amide bonds. The van der Waals surface area contributed by atoms with Gasteiger partial charge in [-0.25, -0.2) is 0 Å². The zero-order valence-corrected chi connectivity index (χ0v) is 50.7. The van der Waals surface area contributed by atoms with E-state index in [1.54, 1.807) is 12.1 Å². The third-order valence-corrected chi connectivity index (χ3v) is 24.3. The molecule has 3 aromatic carbocycles. The summed E-state index contributed by atoms with van der Waals surface area (Å²) >= 11 is 0. The minimum Gasteiger partial charge on any atom is -0.504 e. The molecular formula is C73H89N5O9. The molecule has 87 heavy (non-hydrogen) atoms. The number of Topliss-reactive ketones (excluding diaryl/α,β-unsaturated/α-hetero) is 2. The number of carbonyl (C=O) groups excluding carboxylic acids is 2. The molecule has 14 heteroatoms. The summed E-state index contributed by atoms with van der Waals surface area (Å²) in [5.74, 6) is 15.4. The molecule has 14 nitrogen and oxygen atoms in total. The monoisotopic (exact) mass is 1180 g/mol. The number of dihydropyridines is 1. The lowest BCUT2D eigenvalue weighted by molar-refractivity contribution is -0.151. The van der Waals surface area contributed by atoms with Gasteiger partial charge in [0.1, 0.15) is 11.2 Å². The number of methoxy groups -OCH3 is 1. The minimum atomic E-state index is -1.49. The molecule has 5 fully saturated rings. The predicted octanol–water partition coefficient (Wildman–Crippen LogP) is 8.14. The maximum absolute atomic E-state index is 15.4. The van der Waals surface area contributed by atoms with Crippen molar-refractivity contribution in [3.8, 4) is 35.2 Å². The van der Waals surface area contributed by atoms with E-state index >= 15 is 4.79 Å². The summed E-state index contributed by atoms with van der Waals surface area (Å²) < 4.78 is 5.64. The number of nitrogens with two attached hydrogens (primary N) is 1. The van der Waals surface area contributed by atoms with Crippen LogP contribution in [0, 0.1) is 82.4 Å². The van der Waals surface area contributed by atoms with Crippen LogP contribution in [-0.2, 0) is 22.4 Å². The smallest absolute Gasteiger partial charge is 0.160 e. The maximum atomic E-state index is 15.4. The Morgan fingerprint density at radius 2 is 1.72 bits per heavy atom. The van der Waals surface area contributed by atoms with Crippen LogP contribution >= 0.6 is 0 Å². The van der Waals surface area contributed by atoms with Gasteiger partial charge in [0.25, 0.3) is 0 Å². The van der Waals surface area contributed by atoms with Crippen molar-refractivity contribution in [2.75, 3.05) is 20.2 Å². The summed E-state index contributed by atoms with van der Waals surface area (Å²) in [6, 6.07) is 17.9. The average molecular weight is 1180 g/mol. The molecule has 1 saturated heterocycles. The minimum absolute atomic E-state index is 0.00850. The topological polar surface area (TPSA) is 243 Å². The fourth-order valence-corrected chi connectivity index (χ4v) is 20.3. The number of allylic oxidation sites excluding steroid dienone is 2. The second-order valence-corrected chi connectivity index (χ2v) is 28.5. The number of aromatic nitrogens is 1. The molecule has 4 aromatic rings. The highest BCUT2D eigenvalue weighted by atomic mass is 16.5. The highest BCUT2D eigenvalue weighted by Gasteiger charge is 2.67. The van der Waals surface area contributed by atoms with Crippen LogP contribution in [0.3, 0.4) is 0 Å². The fourth-order valence-electron chi connectivity index (χ4n) is 20.3. The van der Waals surface area contributed by atoms with Gasteiger partial charge in [-0.15, -0.1) is 5.92 Å². The SMILES string of the molecule is CCC1=C([C@H](C[C@H](O)[C@H](O)C[C@H]2C#C[C@]3(CC[C@H]([C@H]4[C@@H]5CN[C@]6(C)CCC[C@@H]6C#CC[C@H]6N[C@@H]7CC(=O)[C@H]8CCc9c[nH]c%10c9[C@H]8[C@H]7[C@H]([C@@H]%105)[C@H]6[C@@H]4CCC(O)O)C[C@H]3O)C(=O)CCc3cc(OC)c(O)cc32)c2ccc3ccccc3c2)C=C(N)NC1. The quantitative estimate of drug-likeness (QED) is 0.0448. The normalized spacial score (nSPS) is 36.7. The van der Waals surface area contributed by atoms with E-state index in [0.717, 1.165) is 72.5 Å². The largest absolute Gasteiger partial charge is 0.504 e. The summed E-state index contributed by atoms with van der Waals surface area (Å²) in [5, 5.41) is 85.1. The molecule has 20 atom stereocenters. The van der Waals surface area contributed by atoms with Crippen LogP contribution in [-0.4, -0.2) is 110 Å². The van der Waals surface area contributed by atoms with Crippen molar-refractivity contribution in [1.82, 2.24) is 20.9 Å². The standard InChI is InChI=1S/C73H89N5O9/c1-4-38-35-75-62(74)33-51(38)50(41-15-14-39-9-5-6-10-40(39)27-41)32-57(81)56(80)28-43-22-25-73(60(83)20-17-42-29-59(87-3)58(82)31-49(42)43)26-23-44(30-61(73)84)64-48(19-21-63(85)86)66-53-13-7-11-46-12-8-24-72(46,2)77-37-52(64)68-70(66)69-54(78-53)34-55(79)47-18-16-45-36-76-71(68)65(45)67(47)69/h5-6,9-10,14-15,27,29,31,33,36,43-44,46-48,50,52-54,56-57,61,63-64,66-70,75-78,80-82,84-86H,4,8,12-13,16-21,23-24,26,28,30,32,34-35,37,74H2,1-3H3/t43-,44+,46+,47-,48-,50-,52+,53-,54-,56-,57+,61-,64-,66+,67+,68+,69+,70+,72-,73+/m1/s1. The van der Waals surface area contributed by atoms with E-state index < -0.39 is 35.9 Å². The average Bonchev–Trinajstić information content (AvgIpc) is 1.66. The number of hydrogen-bond donors (Lipinski definition) is 11. The molecule has 15 rings (SSSR count). The molecule has 460 valence electrons. The van der Waals surface area contributed by atoms with Crippen LogP contribution in [0.4, 0.5) is 0 Å². The number of aliphatic hydroxyl groups is 5. The summed E-state index contributed by atoms with van der Waals surface area (Å²) in [4.78, 5) is 33.6. The molecule has 4 aliphatic heterocycles. The first-order valence-electron chi connectivity index (χ1n) is 33.1. The van der Waals surface area contributed by atoms with Gasteiger partial charge in [-0.1, -0.05) is 73.6 Å². The molecule has 7 aliphatic carbocycles. The molecule has 1 aromatic heterocycles. The summed E-state index contributed by atoms with van der Waals surface area (Å²) in [7, 11) is 1.49. The number of ketones is 2.